The number of hydrogen-bond donors (Lipinski definition) is 1. The van der Waals surface area contributed by atoms with Crippen molar-refractivity contribution in [1.29, 1.82) is 0 Å². The smallest absolute Gasteiger partial charge is 0.256 e. The maximum Gasteiger partial charge on any atom is 0.256 e. The summed E-state index contributed by atoms with van der Waals surface area (Å²) in [6.45, 7) is 3.28. The van der Waals surface area contributed by atoms with Crippen molar-refractivity contribution in [1.82, 2.24) is 4.90 Å². The molecule has 0 saturated heterocycles. The Bertz CT molecular complexity index is 431. The average Bonchev–Trinajstić information content (AvgIpc) is 3.12. The summed E-state index contributed by atoms with van der Waals surface area (Å²) >= 11 is 4.14. The van der Waals surface area contributed by atoms with E-state index in [9.17, 15) is 9.18 Å². The molecule has 1 fully saturated rings. The molecule has 2 rings (SSSR count). The summed E-state index contributed by atoms with van der Waals surface area (Å²) in [5, 5.41) is 0. The van der Waals surface area contributed by atoms with Crippen LogP contribution in [0.2, 0.25) is 0 Å². The van der Waals surface area contributed by atoms with E-state index < -0.39 is 5.82 Å². The van der Waals surface area contributed by atoms with Crippen molar-refractivity contribution in [3.63, 3.8) is 0 Å². The standard InChI is InChI=1S/C13H16FNOS/c1-2-15(8-9-3-4-9)13(16)11-7-10(17)5-6-12(11)14/h5-7,9,17H,2-4,8H2,1H3. The van der Waals surface area contributed by atoms with Crippen molar-refractivity contribution < 1.29 is 9.18 Å². The van der Waals surface area contributed by atoms with Gasteiger partial charge in [0.2, 0.25) is 0 Å². The summed E-state index contributed by atoms with van der Waals surface area (Å²) in [6.07, 6.45) is 2.36. The van der Waals surface area contributed by atoms with E-state index in [1.165, 1.54) is 25.0 Å². The highest BCUT2D eigenvalue weighted by Gasteiger charge is 2.27. The van der Waals surface area contributed by atoms with Gasteiger partial charge < -0.3 is 4.90 Å². The SMILES string of the molecule is CCN(CC1CC1)C(=O)c1cc(S)ccc1F. The monoisotopic (exact) mass is 253 g/mol. The fourth-order valence-electron chi connectivity index (χ4n) is 1.82. The Hall–Kier alpha value is -1.03. The highest BCUT2D eigenvalue weighted by molar-refractivity contribution is 7.80. The van der Waals surface area contributed by atoms with Gasteiger partial charge >= 0.3 is 0 Å². The Morgan fingerprint density at radius 3 is 2.82 bits per heavy atom. The molecule has 1 saturated carbocycles. The van der Waals surface area contributed by atoms with Crippen LogP contribution in [0, 0.1) is 11.7 Å². The minimum Gasteiger partial charge on any atom is -0.339 e. The second kappa shape index (κ2) is 5.08. The number of hydrogen-bond acceptors (Lipinski definition) is 2. The number of thiol groups is 1. The van der Waals surface area contributed by atoms with Crippen molar-refractivity contribution in [3.05, 3.63) is 29.6 Å². The average molecular weight is 253 g/mol. The van der Waals surface area contributed by atoms with Crippen LogP contribution in [0.15, 0.2) is 23.1 Å². The van der Waals surface area contributed by atoms with Crippen LogP contribution in [-0.2, 0) is 0 Å². The van der Waals surface area contributed by atoms with E-state index in [1.807, 2.05) is 6.92 Å². The molecule has 0 bridgehead atoms. The van der Waals surface area contributed by atoms with E-state index in [4.69, 9.17) is 0 Å². The summed E-state index contributed by atoms with van der Waals surface area (Å²) < 4.78 is 13.6. The van der Waals surface area contributed by atoms with Gasteiger partial charge in [-0.2, -0.15) is 0 Å². The quantitative estimate of drug-likeness (QED) is 0.818. The predicted molar refractivity (Wildman–Crippen MR) is 68.0 cm³/mol. The van der Waals surface area contributed by atoms with E-state index >= 15 is 0 Å². The highest BCUT2D eigenvalue weighted by Crippen LogP contribution is 2.30. The summed E-state index contributed by atoms with van der Waals surface area (Å²) in [7, 11) is 0. The van der Waals surface area contributed by atoms with Crippen LogP contribution in [-0.4, -0.2) is 23.9 Å². The first-order valence-electron chi connectivity index (χ1n) is 5.89. The summed E-state index contributed by atoms with van der Waals surface area (Å²) in [6, 6.07) is 4.34. The van der Waals surface area contributed by atoms with Crippen LogP contribution >= 0.6 is 12.6 Å². The molecule has 0 unspecified atom stereocenters. The molecule has 1 aromatic carbocycles. The second-order valence-electron chi connectivity index (χ2n) is 4.45. The van der Waals surface area contributed by atoms with Crippen molar-refractivity contribution >= 4 is 18.5 Å². The number of amides is 1. The predicted octanol–water partition coefficient (Wildman–Crippen LogP) is 2.99. The first kappa shape index (κ1) is 12.4. The largest absolute Gasteiger partial charge is 0.339 e. The molecule has 4 heteroatoms. The van der Waals surface area contributed by atoms with Crippen molar-refractivity contribution in [2.45, 2.75) is 24.7 Å². The number of nitrogens with zero attached hydrogens (tertiary/aromatic N) is 1. The maximum absolute atomic E-state index is 13.6. The van der Waals surface area contributed by atoms with Gasteiger partial charge in [-0.3, -0.25) is 4.79 Å². The fourth-order valence-corrected chi connectivity index (χ4v) is 2.02. The molecule has 1 amide bonds. The molecule has 92 valence electrons. The molecule has 0 N–H and O–H groups in total. The van der Waals surface area contributed by atoms with E-state index in [1.54, 1.807) is 11.0 Å². The Morgan fingerprint density at radius 2 is 2.24 bits per heavy atom. The molecule has 0 aromatic heterocycles. The molecule has 0 radical (unpaired) electrons. The van der Waals surface area contributed by atoms with Gasteiger partial charge in [-0.15, -0.1) is 12.6 Å². The summed E-state index contributed by atoms with van der Waals surface area (Å²) in [4.78, 5) is 14.5. The Balaban J connectivity index is 2.18. The first-order chi connectivity index (χ1) is 8.11. The van der Waals surface area contributed by atoms with E-state index in [0.29, 0.717) is 17.4 Å². The van der Waals surface area contributed by atoms with Gasteiger partial charge in [0.05, 0.1) is 5.56 Å². The van der Waals surface area contributed by atoms with Crippen molar-refractivity contribution in [2.24, 2.45) is 5.92 Å². The summed E-state index contributed by atoms with van der Waals surface area (Å²) in [5.74, 6) is -0.0870. The second-order valence-corrected chi connectivity index (χ2v) is 4.97. The van der Waals surface area contributed by atoms with Gasteiger partial charge in [-0.1, -0.05) is 0 Å². The number of carbonyl (C=O) groups is 1. The number of benzene rings is 1. The van der Waals surface area contributed by atoms with Crippen LogP contribution in [0.4, 0.5) is 4.39 Å². The van der Waals surface area contributed by atoms with Crippen molar-refractivity contribution in [2.75, 3.05) is 13.1 Å². The van der Waals surface area contributed by atoms with E-state index in [-0.39, 0.29) is 11.5 Å². The lowest BCUT2D eigenvalue weighted by atomic mass is 10.1. The zero-order chi connectivity index (χ0) is 12.4. The number of rotatable bonds is 4. The minimum atomic E-state index is -0.470. The molecule has 0 aliphatic heterocycles. The lowest BCUT2D eigenvalue weighted by Gasteiger charge is -2.21. The van der Waals surface area contributed by atoms with Crippen LogP contribution in [0.3, 0.4) is 0 Å². The van der Waals surface area contributed by atoms with Gasteiger partial charge in [0.15, 0.2) is 0 Å². The number of carbonyl (C=O) groups excluding carboxylic acids is 1. The third kappa shape index (κ3) is 3.00. The maximum atomic E-state index is 13.6. The van der Waals surface area contributed by atoms with Gasteiger partial charge in [-0.05, 0) is 43.9 Å². The van der Waals surface area contributed by atoms with Crippen LogP contribution < -0.4 is 0 Å². The Kier molecular flexibility index (Phi) is 3.72. The zero-order valence-corrected chi connectivity index (χ0v) is 10.7. The fraction of sp³-hybridized carbons (Fsp3) is 0.462. The van der Waals surface area contributed by atoms with Crippen LogP contribution in [0.1, 0.15) is 30.1 Å². The molecule has 1 aliphatic rings. The first-order valence-corrected chi connectivity index (χ1v) is 6.34. The normalized spacial score (nSPS) is 14.8. The number of halogens is 1. The lowest BCUT2D eigenvalue weighted by Crippen LogP contribution is -2.33. The van der Waals surface area contributed by atoms with Gasteiger partial charge in [0.1, 0.15) is 5.82 Å². The molecule has 0 heterocycles. The summed E-state index contributed by atoms with van der Waals surface area (Å²) in [5.41, 5.74) is 0.125. The third-order valence-electron chi connectivity index (χ3n) is 3.02. The Labute approximate surface area is 106 Å². The molecule has 2 nitrogen and oxygen atoms in total. The van der Waals surface area contributed by atoms with Gasteiger partial charge in [0, 0.05) is 18.0 Å². The molecule has 0 spiro atoms. The topological polar surface area (TPSA) is 20.3 Å². The highest BCUT2D eigenvalue weighted by atomic mass is 32.1. The Morgan fingerprint density at radius 1 is 1.53 bits per heavy atom. The third-order valence-corrected chi connectivity index (χ3v) is 3.30. The molecule has 17 heavy (non-hydrogen) atoms. The van der Waals surface area contributed by atoms with Crippen molar-refractivity contribution in [3.8, 4) is 0 Å². The van der Waals surface area contributed by atoms with Gasteiger partial charge in [0.25, 0.3) is 5.91 Å². The van der Waals surface area contributed by atoms with Crippen LogP contribution in [0.25, 0.3) is 0 Å². The lowest BCUT2D eigenvalue weighted by molar-refractivity contribution is 0.0752. The van der Waals surface area contributed by atoms with E-state index in [2.05, 4.69) is 12.6 Å². The van der Waals surface area contributed by atoms with Gasteiger partial charge in [-0.25, -0.2) is 4.39 Å². The molecule has 0 atom stereocenters. The minimum absolute atomic E-state index is 0.125. The van der Waals surface area contributed by atoms with E-state index in [0.717, 1.165) is 6.54 Å². The molecular weight excluding hydrogens is 237 g/mol. The zero-order valence-electron chi connectivity index (χ0n) is 9.82. The molecule has 1 aliphatic carbocycles. The van der Waals surface area contributed by atoms with Crippen LogP contribution in [0.5, 0.6) is 0 Å². The molecule has 1 aromatic rings. The molecular formula is C13H16FNOS.